The van der Waals surface area contributed by atoms with E-state index in [4.69, 9.17) is 11.6 Å². The number of carboxylic acids is 1. The molecule has 1 aliphatic heterocycles. The zero-order valence-electron chi connectivity index (χ0n) is 13.4. The number of anilines is 1. The molecular weight excluding hydrogens is 330 g/mol. The largest absolute Gasteiger partial charge is 0.481 e. The first kappa shape index (κ1) is 16.5. The van der Waals surface area contributed by atoms with Crippen LogP contribution in [0, 0.1) is 5.92 Å². The molecule has 0 bridgehead atoms. The van der Waals surface area contributed by atoms with Crippen LogP contribution in [0.2, 0.25) is 5.02 Å². The lowest BCUT2D eigenvalue weighted by Crippen LogP contribution is -2.35. The maximum absolute atomic E-state index is 11.8. The van der Waals surface area contributed by atoms with Crippen LogP contribution in [0.15, 0.2) is 41.2 Å². The number of aliphatic carboxylic acids is 1. The quantitative estimate of drug-likeness (QED) is 0.920. The van der Waals surface area contributed by atoms with Crippen molar-refractivity contribution in [3.05, 3.63) is 57.3 Å². The van der Waals surface area contributed by atoms with E-state index < -0.39 is 11.9 Å². The van der Waals surface area contributed by atoms with Gasteiger partial charge in [0.15, 0.2) is 0 Å². The number of halogens is 1. The fourth-order valence-electron chi connectivity index (χ4n) is 3.37. The monoisotopic (exact) mass is 347 g/mol. The van der Waals surface area contributed by atoms with Crippen LogP contribution < -0.4 is 10.5 Å². The minimum atomic E-state index is -0.838. The highest BCUT2D eigenvalue weighted by Gasteiger charge is 2.44. The Morgan fingerprint density at radius 1 is 1.25 bits per heavy atom. The Balaban J connectivity index is 1.98. The zero-order valence-corrected chi connectivity index (χ0v) is 14.1. The summed E-state index contributed by atoms with van der Waals surface area (Å²) in [6, 6.07) is 10.1. The van der Waals surface area contributed by atoms with Crippen LogP contribution in [-0.2, 0) is 11.8 Å². The summed E-state index contributed by atoms with van der Waals surface area (Å²) in [5.74, 6) is -0.971. The SMILES string of the molecule is CC1[C@@H](C(=O)O)[C@H](c2ccc(Cl)cc2)CN1c1ccc(=O)n(C)n1. The van der Waals surface area contributed by atoms with Gasteiger partial charge in [-0.25, -0.2) is 4.68 Å². The number of rotatable bonds is 3. The maximum atomic E-state index is 11.8. The summed E-state index contributed by atoms with van der Waals surface area (Å²) in [6.07, 6.45) is 0. The van der Waals surface area contributed by atoms with Gasteiger partial charge in [-0.1, -0.05) is 23.7 Å². The first-order chi connectivity index (χ1) is 11.4. The molecule has 1 aromatic carbocycles. The summed E-state index contributed by atoms with van der Waals surface area (Å²) in [6.45, 7) is 2.40. The van der Waals surface area contributed by atoms with Crippen molar-refractivity contribution in [2.24, 2.45) is 13.0 Å². The molecule has 0 spiro atoms. The van der Waals surface area contributed by atoms with Crippen LogP contribution in [-0.4, -0.2) is 33.4 Å². The molecule has 24 heavy (non-hydrogen) atoms. The van der Waals surface area contributed by atoms with Gasteiger partial charge in [0.25, 0.3) is 5.56 Å². The number of hydrogen-bond donors (Lipinski definition) is 1. The lowest BCUT2D eigenvalue weighted by Gasteiger charge is -2.24. The van der Waals surface area contributed by atoms with Gasteiger partial charge in [-0.05, 0) is 30.7 Å². The number of carboxylic acid groups (broad SMARTS) is 1. The van der Waals surface area contributed by atoms with E-state index in [2.05, 4.69) is 5.10 Å². The molecule has 7 heteroatoms. The van der Waals surface area contributed by atoms with Crippen LogP contribution in [0.1, 0.15) is 18.4 Å². The lowest BCUT2D eigenvalue weighted by molar-refractivity contribution is -0.142. The average molecular weight is 348 g/mol. The molecule has 1 aromatic heterocycles. The fraction of sp³-hybridized carbons (Fsp3) is 0.353. The maximum Gasteiger partial charge on any atom is 0.309 e. The summed E-state index contributed by atoms with van der Waals surface area (Å²) in [4.78, 5) is 25.3. The summed E-state index contributed by atoms with van der Waals surface area (Å²) >= 11 is 5.93. The molecule has 1 unspecified atom stereocenters. The summed E-state index contributed by atoms with van der Waals surface area (Å²) in [5.41, 5.74) is 0.737. The molecule has 0 amide bonds. The highest BCUT2D eigenvalue weighted by molar-refractivity contribution is 6.30. The van der Waals surface area contributed by atoms with E-state index in [1.54, 1.807) is 25.2 Å². The normalized spacial score (nSPS) is 23.5. The van der Waals surface area contributed by atoms with E-state index in [9.17, 15) is 14.7 Å². The minimum Gasteiger partial charge on any atom is -0.481 e. The summed E-state index contributed by atoms with van der Waals surface area (Å²) in [5, 5.41) is 14.6. The number of hydrogen-bond acceptors (Lipinski definition) is 4. The van der Waals surface area contributed by atoms with Gasteiger partial charge >= 0.3 is 5.97 Å². The second kappa shape index (κ2) is 6.28. The van der Waals surface area contributed by atoms with Crippen molar-refractivity contribution in [3.63, 3.8) is 0 Å². The van der Waals surface area contributed by atoms with E-state index in [1.165, 1.54) is 10.7 Å². The predicted octanol–water partition coefficient (Wildman–Crippen LogP) is 2.13. The molecule has 1 aliphatic rings. The molecule has 0 radical (unpaired) electrons. The molecule has 3 rings (SSSR count). The van der Waals surface area contributed by atoms with E-state index in [0.717, 1.165) is 5.56 Å². The molecule has 2 aromatic rings. The fourth-order valence-corrected chi connectivity index (χ4v) is 3.49. The van der Waals surface area contributed by atoms with Crippen molar-refractivity contribution in [2.45, 2.75) is 18.9 Å². The summed E-state index contributed by atoms with van der Waals surface area (Å²) in [7, 11) is 1.58. The van der Waals surface area contributed by atoms with Crippen LogP contribution in [0.4, 0.5) is 5.82 Å². The van der Waals surface area contributed by atoms with Gasteiger partial charge in [0.1, 0.15) is 5.82 Å². The van der Waals surface area contributed by atoms with E-state index in [-0.39, 0.29) is 17.5 Å². The molecule has 0 aliphatic carbocycles. The third kappa shape index (κ3) is 2.89. The molecule has 126 valence electrons. The average Bonchev–Trinajstić information content (AvgIpc) is 2.88. The zero-order chi connectivity index (χ0) is 17.4. The van der Waals surface area contributed by atoms with Crippen molar-refractivity contribution < 1.29 is 9.90 Å². The molecule has 1 N–H and O–H groups in total. The third-order valence-electron chi connectivity index (χ3n) is 4.66. The summed E-state index contributed by atoms with van der Waals surface area (Å²) < 4.78 is 1.26. The van der Waals surface area contributed by atoms with E-state index in [0.29, 0.717) is 17.4 Å². The Kier molecular flexibility index (Phi) is 4.32. The molecule has 1 fully saturated rings. The number of carbonyl (C=O) groups is 1. The Bertz CT molecular complexity index is 819. The van der Waals surface area contributed by atoms with Crippen molar-refractivity contribution in [1.82, 2.24) is 9.78 Å². The van der Waals surface area contributed by atoms with Crippen molar-refractivity contribution in [2.75, 3.05) is 11.4 Å². The molecule has 6 nitrogen and oxygen atoms in total. The standard InChI is InChI=1S/C17H18ClN3O3/c1-10-16(17(23)24)13(11-3-5-12(18)6-4-11)9-21(10)14-7-8-15(22)20(2)19-14/h3-8,10,13,16H,9H2,1-2H3,(H,23,24)/t10?,13-,16+/m0/s1. The van der Waals surface area contributed by atoms with Crippen molar-refractivity contribution in [3.8, 4) is 0 Å². The molecule has 2 heterocycles. The number of aryl methyl sites for hydroxylation is 1. The molecule has 0 saturated carbocycles. The lowest BCUT2D eigenvalue weighted by atomic mass is 9.86. The second-order valence-electron chi connectivity index (χ2n) is 6.07. The number of benzene rings is 1. The van der Waals surface area contributed by atoms with Crippen molar-refractivity contribution >= 4 is 23.4 Å². The topological polar surface area (TPSA) is 75.4 Å². The van der Waals surface area contributed by atoms with Crippen LogP contribution >= 0.6 is 11.6 Å². The Morgan fingerprint density at radius 2 is 1.92 bits per heavy atom. The first-order valence-corrected chi connectivity index (χ1v) is 8.05. The van der Waals surface area contributed by atoms with E-state index >= 15 is 0 Å². The van der Waals surface area contributed by atoms with E-state index in [1.807, 2.05) is 24.0 Å². The molecule has 3 atom stereocenters. The van der Waals surface area contributed by atoms with Crippen molar-refractivity contribution in [1.29, 1.82) is 0 Å². The Hall–Kier alpha value is -2.34. The highest BCUT2D eigenvalue weighted by atomic mass is 35.5. The smallest absolute Gasteiger partial charge is 0.309 e. The number of aromatic nitrogens is 2. The van der Waals surface area contributed by atoms with Gasteiger partial charge in [-0.3, -0.25) is 9.59 Å². The van der Waals surface area contributed by atoms with Crippen LogP contribution in [0.25, 0.3) is 0 Å². The van der Waals surface area contributed by atoms with Gasteiger partial charge < -0.3 is 10.0 Å². The van der Waals surface area contributed by atoms with Gasteiger partial charge in [-0.2, -0.15) is 5.10 Å². The molecular formula is C17H18ClN3O3. The van der Waals surface area contributed by atoms with Gasteiger partial charge in [0.05, 0.1) is 5.92 Å². The van der Waals surface area contributed by atoms with Gasteiger partial charge in [-0.15, -0.1) is 0 Å². The predicted molar refractivity (Wildman–Crippen MR) is 91.6 cm³/mol. The van der Waals surface area contributed by atoms with Crippen LogP contribution in [0.3, 0.4) is 0 Å². The van der Waals surface area contributed by atoms with Gasteiger partial charge in [0, 0.05) is 36.6 Å². The first-order valence-electron chi connectivity index (χ1n) is 7.67. The van der Waals surface area contributed by atoms with Crippen LogP contribution in [0.5, 0.6) is 0 Å². The Labute approximate surface area is 144 Å². The highest BCUT2D eigenvalue weighted by Crippen LogP contribution is 2.39. The molecule has 1 saturated heterocycles. The number of nitrogens with zero attached hydrogens (tertiary/aromatic N) is 3. The Morgan fingerprint density at radius 3 is 2.50 bits per heavy atom. The minimum absolute atomic E-state index is 0.172. The second-order valence-corrected chi connectivity index (χ2v) is 6.50. The van der Waals surface area contributed by atoms with Gasteiger partial charge in [0.2, 0.25) is 0 Å². The third-order valence-corrected chi connectivity index (χ3v) is 4.91.